The van der Waals surface area contributed by atoms with Crippen LogP contribution in [0.4, 0.5) is 4.79 Å². The zero-order valence-corrected chi connectivity index (χ0v) is 15.5. The quantitative estimate of drug-likeness (QED) is 0.833. The maximum Gasteiger partial charge on any atom is 0.315 e. The normalized spacial score (nSPS) is 18.1. The van der Waals surface area contributed by atoms with Gasteiger partial charge in [-0.05, 0) is 42.2 Å². The van der Waals surface area contributed by atoms with Crippen LogP contribution in [-0.4, -0.2) is 25.8 Å². The molecule has 2 amide bonds. The molecule has 0 fully saturated rings. The van der Waals surface area contributed by atoms with Crippen LogP contribution in [-0.2, 0) is 13.0 Å². The number of benzene rings is 2. The largest absolute Gasteiger partial charge is 0.493 e. The van der Waals surface area contributed by atoms with Crippen LogP contribution in [0.3, 0.4) is 0 Å². The molecule has 0 saturated carbocycles. The first-order valence-corrected chi connectivity index (χ1v) is 9.04. The fraction of sp³-hybridized carbons (Fsp3) is 0.381. The van der Waals surface area contributed by atoms with Gasteiger partial charge in [0, 0.05) is 18.5 Å². The number of amides is 2. The lowest BCUT2D eigenvalue weighted by Crippen LogP contribution is -2.43. The summed E-state index contributed by atoms with van der Waals surface area (Å²) in [5, 5.41) is 6.03. The van der Waals surface area contributed by atoms with E-state index in [1.807, 2.05) is 31.2 Å². The van der Waals surface area contributed by atoms with E-state index in [1.54, 1.807) is 7.11 Å². The maximum absolute atomic E-state index is 12.3. The molecule has 2 N–H and O–H groups in total. The number of hydrogen-bond acceptors (Lipinski definition) is 3. The van der Waals surface area contributed by atoms with E-state index in [2.05, 4.69) is 35.8 Å². The molecule has 0 aromatic heterocycles. The minimum Gasteiger partial charge on any atom is -0.493 e. The van der Waals surface area contributed by atoms with Crippen LogP contribution in [0.2, 0.25) is 0 Å². The first-order valence-electron chi connectivity index (χ1n) is 9.04. The van der Waals surface area contributed by atoms with Crippen molar-refractivity contribution < 1.29 is 14.3 Å². The Hall–Kier alpha value is -2.69. The summed E-state index contributed by atoms with van der Waals surface area (Å²) < 4.78 is 10.9. The number of carbonyl (C=O) groups excluding carboxylic acids is 1. The Kier molecular flexibility index (Phi) is 5.66. The van der Waals surface area contributed by atoms with Gasteiger partial charge in [0.1, 0.15) is 0 Å². The summed E-state index contributed by atoms with van der Waals surface area (Å²) in [6, 6.07) is 14.0. The van der Waals surface area contributed by atoms with Crippen molar-refractivity contribution in [2.75, 3.05) is 13.7 Å². The molecule has 2 atom stereocenters. The molecule has 0 heterocycles. The summed E-state index contributed by atoms with van der Waals surface area (Å²) >= 11 is 0. The number of urea groups is 1. The number of fused-ring (bicyclic) bond motifs is 1. The molecule has 1 aliphatic rings. The van der Waals surface area contributed by atoms with Gasteiger partial charge < -0.3 is 20.1 Å². The molecule has 0 saturated heterocycles. The van der Waals surface area contributed by atoms with Gasteiger partial charge >= 0.3 is 6.03 Å². The lowest BCUT2D eigenvalue weighted by atomic mass is 10.0. The second-order valence-electron chi connectivity index (χ2n) is 6.54. The van der Waals surface area contributed by atoms with Gasteiger partial charge in [-0.1, -0.05) is 37.3 Å². The molecule has 3 rings (SSSR count). The molecule has 0 unspecified atom stereocenters. The van der Waals surface area contributed by atoms with Crippen LogP contribution in [0, 0.1) is 0 Å². The fourth-order valence-electron chi connectivity index (χ4n) is 3.47. The summed E-state index contributed by atoms with van der Waals surface area (Å²) in [4.78, 5) is 12.3. The summed E-state index contributed by atoms with van der Waals surface area (Å²) in [7, 11) is 1.61. The van der Waals surface area contributed by atoms with Crippen molar-refractivity contribution >= 4 is 6.03 Å². The van der Waals surface area contributed by atoms with Crippen molar-refractivity contribution in [2.45, 2.75) is 38.8 Å². The van der Waals surface area contributed by atoms with E-state index in [4.69, 9.17) is 9.47 Å². The van der Waals surface area contributed by atoms with Crippen LogP contribution in [0.15, 0.2) is 42.5 Å². The molecule has 26 heavy (non-hydrogen) atoms. The first-order chi connectivity index (χ1) is 12.6. The average Bonchev–Trinajstić information content (AvgIpc) is 2.97. The lowest BCUT2D eigenvalue weighted by Gasteiger charge is -2.18. The zero-order valence-electron chi connectivity index (χ0n) is 15.5. The number of hydrogen-bond donors (Lipinski definition) is 2. The Morgan fingerprint density at radius 3 is 2.73 bits per heavy atom. The Morgan fingerprint density at radius 1 is 1.19 bits per heavy atom. The summed E-state index contributed by atoms with van der Waals surface area (Å²) in [5.41, 5.74) is 3.61. The van der Waals surface area contributed by atoms with Gasteiger partial charge in [0.15, 0.2) is 11.5 Å². The van der Waals surface area contributed by atoms with Crippen LogP contribution < -0.4 is 20.1 Å². The average molecular weight is 354 g/mol. The van der Waals surface area contributed by atoms with E-state index in [9.17, 15) is 4.79 Å². The molecule has 1 aliphatic carbocycles. The molecule has 2 aromatic rings. The molecule has 0 bridgehead atoms. The van der Waals surface area contributed by atoms with Crippen molar-refractivity contribution in [3.8, 4) is 11.5 Å². The molecule has 0 spiro atoms. The highest BCUT2D eigenvalue weighted by molar-refractivity contribution is 5.74. The van der Waals surface area contributed by atoms with Crippen LogP contribution in [0.5, 0.6) is 11.5 Å². The monoisotopic (exact) mass is 354 g/mol. The SMILES string of the molecule is CCOc1ccc(CNC(=O)N[C@@H]2Cc3ccccc3[C@@H]2C)cc1OC. The van der Waals surface area contributed by atoms with Crippen molar-refractivity contribution in [1.82, 2.24) is 10.6 Å². The Morgan fingerprint density at radius 2 is 2.00 bits per heavy atom. The highest BCUT2D eigenvalue weighted by Gasteiger charge is 2.29. The van der Waals surface area contributed by atoms with Crippen molar-refractivity contribution in [3.63, 3.8) is 0 Å². The molecule has 5 nitrogen and oxygen atoms in total. The molecule has 0 aliphatic heterocycles. The van der Waals surface area contributed by atoms with Gasteiger partial charge in [-0.2, -0.15) is 0 Å². The highest BCUT2D eigenvalue weighted by Crippen LogP contribution is 2.32. The van der Waals surface area contributed by atoms with E-state index >= 15 is 0 Å². The van der Waals surface area contributed by atoms with Gasteiger partial charge in [-0.25, -0.2) is 4.79 Å². The minimum absolute atomic E-state index is 0.127. The zero-order chi connectivity index (χ0) is 18.5. The summed E-state index contributed by atoms with van der Waals surface area (Å²) in [6.07, 6.45) is 0.877. The van der Waals surface area contributed by atoms with Gasteiger partial charge in [-0.3, -0.25) is 0 Å². The number of carbonyl (C=O) groups is 1. The molecule has 2 aromatic carbocycles. The minimum atomic E-state index is -0.150. The Balaban J connectivity index is 1.55. The fourth-order valence-corrected chi connectivity index (χ4v) is 3.47. The third kappa shape index (κ3) is 3.93. The van der Waals surface area contributed by atoms with Crippen LogP contribution >= 0.6 is 0 Å². The first kappa shape index (κ1) is 18.1. The summed E-state index contributed by atoms with van der Waals surface area (Å²) in [5.74, 6) is 1.70. The van der Waals surface area contributed by atoms with Gasteiger partial charge in [0.05, 0.1) is 13.7 Å². The standard InChI is InChI=1S/C21H26N2O3/c1-4-26-19-10-9-15(11-20(19)25-3)13-22-21(24)23-18-12-16-7-5-6-8-17(16)14(18)2/h5-11,14,18H,4,12-13H2,1-3H3,(H2,22,23,24)/t14-,18+/m0/s1. The van der Waals surface area contributed by atoms with Gasteiger partial charge in [0.2, 0.25) is 0 Å². The second-order valence-corrected chi connectivity index (χ2v) is 6.54. The lowest BCUT2D eigenvalue weighted by molar-refractivity contribution is 0.235. The highest BCUT2D eigenvalue weighted by atomic mass is 16.5. The Labute approximate surface area is 154 Å². The van der Waals surface area contributed by atoms with E-state index in [-0.39, 0.29) is 12.1 Å². The van der Waals surface area contributed by atoms with E-state index < -0.39 is 0 Å². The van der Waals surface area contributed by atoms with E-state index in [0.717, 1.165) is 12.0 Å². The smallest absolute Gasteiger partial charge is 0.315 e. The van der Waals surface area contributed by atoms with Gasteiger partial charge in [-0.15, -0.1) is 0 Å². The number of methoxy groups -OCH3 is 1. The molecule has 0 radical (unpaired) electrons. The van der Waals surface area contributed by atoms with E-state index in [1.165, 1.54) is 11.1 Å². The Bertz CT molecular complexity index is 776. The molecule has 138 valence electrons. The predicted molar refractivity (Wildman–Crippen MR) is 102 cm³/mol. The van der Waals surface area contributed by atoms with Crippen LogP contribution in [0.1, 0.15) is 36.5 Å². The topological polar surface area (TPSA) is 59.6 Å². The predicted octanol–water partition coefficient (Wildman–Crippen LogP) is 3.62. The molecular weight excluding hydrogens is 328 g/mol. The third-order valence-corrected chi connectivity index (χ3v) is 4.89. The molecule has 5 heteroatoms. The van der Waals surface area contributed by atoms with Crippen molar-refractivity contribution in [3.05, 3.63) is 59.2 Å². The third-order valence-electron chi connectivity index (χ3n) is 4.89. The van der Waals surface area contributed by atoms with E-state index in [0.29, 0.717) is 30.6 Å². The van der Waals surface area contributed by atoms with Crippen LogP contribution in [0.25, 0.3) is 0 Å². The second kappa shape index (κ2) is 8.13. The number of rotatable bonds is 6. The number of ether oxygens (including phenoxy) is 2. The summed E-state index contributed by atoms with van der Waals surface area (Å²) in [6.45, 7) is 5.11. The van der Waals surface area contributed by atoms with Crippen molar-refractivity contribution in [2.24, 2.45) is 0 Å². The van der Waals surface area contributed by atoms with Gasteiger partial charge in [0.25, 0.3) is 0 Å². The maximum atomic E-state index is 12.3. The van der Waals surface area contributed by atoms with Crippen molar-refractivity contribution in [1.29, 1.82) is 0 Å². The molecular formula is C21H26N2O3. The number of nitrogens with one attached hydrogen (secondary N) is 2.